The molecule has 0 amide bonds. The van der Waals surface area contributed by atoms with Gasteiger partial charge in [-0.25, -0.2) is 9.59 Å². The van der Waals surface area contributed by atoms with E-state index in [1.807, 2.05) is 6.07 Å². The van der Waals surface area contributed by atoms with E-state index in [0.29, 0.717) is 5.56 Å². The summed E-state index contributed by atoms with van der Waals surface area (Å²) < 4.78 is 9.21. The molecule has 1 aromatic rings. The van der Waals surface area contributed by atoms with Gasteiger partial charge in [-0.2, -0.15) is 0 Å². The van der Waals surface area contributed by atoms with Crippen molar-refractivity contribution < 1.29 is 24.2 Å². The molecule has 6 nitrogen and oxygen atoms in total. The van der Waals surface area contributed by atoms with Gasteiger partial charge in [0.25, 0.3) is 0 Å². The van der Waals surface area contributed by atoms with E-state index in [1.54, 1.807) is 24.3 Å². The van der Waals surface area contributed by atoms with Gasteiger partial charge in [0.1, 0.15) is 6.04 Å². The first-order chi connectivity index (χ1) is 9.42. The highest BCUT2D eigenvalue weighted by atomic mass is 16.5. The van der Waals surface area contributed by atoms with Gasteiger partial charge in [-0.1, -0.05) is 30.3 Å². The minimum atomic E-state index is -1.73. The highest BCUT2D eigenvalue weighted by Gasteiger charge is 2.33. The summed E-state index contributed by atoms with van der Waals surface area (Å²) in [6.07, 6.45) is 0. The minimum absolute atomic E-state index is 0.145. The van der Waals surface area contributed by atoms with Crippen LogP contribution in [0.15, 0.2) is 30.3 Å². The number of carbonyl (C=O) groups excluding carboxylic acids is 2. The van der Waals surface area contributed by atoms with Crippen molar-refractivity contribution in [2.75, 3.05) is 20.8 Å². The molecule has 0 aliphatic rings. The second kappa shape index (κ2) is 7.02. The van der Waals surface area contributed by atoms with Gasteiger partial charge in [0.15, 0.2) is 5.60 Å². The van der Waals surface area contributed by atoms with Crippen LogP contribution in [-0.2, 0) is 19.1 Å². The van der Waals surface area contributed by atoms with Crippen molar-refractivity contribution in [3.8, 4) is 0 Å². The molecule has 2 unspecified atom stereocenters. The Labute approximate surface area is 117 Å². The molecule has 0 aromatic heterocycles. The summed E-state index contributed by atoms with van der Waals surface area (Å²) in [6.45, 7) is 1.17. The van der Waals surface area contributed by atoms with E-state index in [4.69, 9.17) is 4.74 Å². The van der Waals surface area contributed by atoms with Crippen molar-refractivity contribution in [3.05, 3.63) is 35.9 Å². The zero-order chi connectivity index (χ0) is 15.2. The van der Waals surface area contributed by atoms with Crippen molar-refractivity contribution in [3.63, 3.8) is 0 Å². The summed E-state index contributed by atoms with van der Waals surface area (Å²) in [5.41, 5.74) is -1.05. The van der Waals surface area contributed by atoms with Crippen LogP contribution >= 0.6 is 0 Å². The molecule has 110 valence electrons. The second-order valence-electron chi connectivity index (χ2n) is 4.51. The molecule has 0 bridgehead atoms. The van der Waals surface area contributed by atoms with Crippen molar-refractivity contribution in [2.24, 2.45) is 0 Å². The standard InChI is InChI=1S/C14H19NO5/c1-14(18,13(17)20-3)9-15-11(12(16)19-2)10-7-5-4-6-8-10/h4-8,11,15,18H,9H2,1-3H3. The van der Waals surface area contributed by atoms with Crippen LogP contribution in [0.5, 0.6) is 0 Å². The number of benzene rings is 1. The fraction of sp³-hybridized carbons (Fsp3) is 0.429. The highest BCUT2D eigenvalue weighted by molar-refractivity contribution is 5.80. The van der Waals surface area contributed by atoms with E-state index in [9.17, 15) is 14.7 Å². The third-order valence-electron chi connectivity index (χ3n) is 2.85. The number of hydrogen-bond donors (Lipinski definition) is 2. The maximum absolute atomic E-state index is 11.8. The van der Waals surface area contributed by atoms with Gasteiger partial charge in [-0.05, 0) is 12.5 Å². The van der Waals surface area contributed by atoms with Gasteiger partial charge in [0.05, 0.1) is 14.2 Å². The van der Waals surface area contributed by atoms with E-state index in [0.717, 1.165) is 0 Å². The first-order valence-corrected chi connectivity index (χ1v) is 6.09. The topological polar surface area (TPSA) is 84.9 Å². The molecule has 0 heterocycles. The van der Waals surface area contributed by atoms with Gasteiger partial charge < -0.3 is 14.6 Å². The van der Waals surface area contributed by atoms with Crippen LogP contribution in [0.4, 0.5) is 0 Å². The van der Waals surface area contributed by atoms with Gasteiger partial charge in [0.2, 0.25) is 0 Å². The van der Waals surface area contributed by atoms with E-state index in [1.165, 1.54) is 21.1 Å². The SMILES string of the molecule is COC(=O)C(NCC(C)(O)C(=O)OC)c1ccccc1. The highest BCUT2D eigenvalue weighted by Crippen LogP contribution is 2.15. The summed E-state index contributed by atoms with van der Waals surface area (Å²) in [5.74, 6) is -1.28. The van der Waals surface area contributed by atoms with Gasteiger partial charge in [0, 0.05) is 6.54 Å². The molecular formula is C14H19NO5. The number of ether oxygens (including phenoxy) is 2. The Balaban J connectivity index is 2.83. The average molecular weight is 281 g/mol. The molecule has 0 radical (unpaired) electrons. The predicted octanol–water partition coefficient (Wildman–Crippen LogP) is 0.414. The molecule has 0 aliphatic heterocycles. The lowest BCUT2D eigenvalue weighted by atomic mass is 10.0. The number of methoxy groups -OCH3 is 2. The first kappa shape index (κ1) is 16.1. The normalized spacial score (nSPS) is 15.0. The van der Waals surface area contributed by atoms with Crippen LogP contribution in [0, 0.1) is 0 Å². The lowest BCUT2D eigenvalue weighted by molar-refractivity contribution is -0.160. The lowest BCUT2D eigenvalue weighted by Gasteiger charge is -2.24. The van der Waals surface area contributed by atoms with E-state index < -0.39 is 23.6 Å². The number of rotatable bonds is 6. The summed E-state index contributed by atoms with van der Waals surface area (Å²) >= 11 is 0. The molecular weight excluding hydrogens is 262 g/mol. The molecule has 0 spiro atoms. The van der Waals surface area contributed by atoms with Crippen molar-refractivity contribution in [1.29, 1.82) is 0 Å². The second-order valence-corrected chi connectivity index (χ2v) is 4.51. The van der Waals surface area contributed by atoms with Crippen molar-refractivity contribution >= 4 is 11.9 Å². The zero-order valence-corrected chi connectivity index (χ0v) is 11.8. The Morgan fingerprint density at radius 3 is 2.35 bits per heavy atom. The molecule has 1 rings (SSSR count). The van der Waals surface area contributed by atoms with Crippen LogP contribution in [-0.4, -0.2) is 43.4 Å². The molecule has 2 N–H and O–H groups in total. The zero-order valence-electron chi connectivity index (χ0n) is 11.8. The fourth-order valence-corrected chi connectivity index (χ4v) is 1.69. The Bertz CT molecular complexity index is 458. The first-order valence-electron chi connectivity index (χ1n) is 6.09. The monoisotopic (exact) mass is 281 g/mol. The maximum Gasteiger partial charge on any atom is 0.338 e. The third-order valence-corrected chi connectivity index (χ3v) is 2.85. The van der Waals surface area contributed by atoms with Crippen LogP contribution in [0.2, 0.25) is 0 Å². The molecule has 0 saturated heterocycles. The summed E-state index contributed by atoms with van der Waals surface area (Å²) in [7, 11) is 2.46. The molecule has 1 aromatic carbocycles. The summed E-state index contributed by atoms with van der Waals surface area (Å²) in [5, 5.41) is 12.8. The Morgan fingerprint density at radius 1 is 1.25 bits per heavy atom. The quantitative estimate of drug-likeness (QED) is 0.735. The summed E-state index contributed by atoms with van der Waals surface area (Å²) in [6, 6.07) is 8.12. The number of aliphatic hydroxyl groups is 1. The lowest BCUT2D eigenvalue weighted by Crippen LogP contribution is -2.47. The molecule has 0 fully saturated rings. The molecule has 0 aliphatic carbocycles. The van der Waals surface area contributed by atoms with Gasteiger partial charge in [-0.15, -0.1) is 0 Å². The molecule has 0 saturated carbocycles. The van der Waals surface area contributed by atoms with E-state index in [-0.39, 0.29) is 6.54 Å². The molecule has 20 heavy (non-hydrogen) atoms. The van der Waals surface area contributed by atoms with Crippen LogP contribution in [0.25, 0.3) is 0 Å². The largest absolute Gasteiger partial charge is 0.468 e. The van der Waals surface area contributed by atoms with Crippen LogP contribution in [0.1, 0.15) is 18.5 Å². The van der Waals surface area contributed by atoms with E-state index >= 15 is 0 Å². The number of hydrogen-bond acceptors (Lipinski definition) is 6. The number of esters is 2. The predicted molar refractivity (Wildman–Crippen MR) is 71.8 cm³/mol. The van der Waals surface area contributed by atoms with Crippen LogP contribution in [0.3, 0.4) is 0 Å². The number of carbonyl (C=O) groups is 2. The maximum atomic E-state index is 11.8. The van der Waals surface area contributed by atoms with Crippen LogP contribution < -0.4 is 5.32 Å². The summed E-state index contributed by atoms with van der Waals surface area (Å²) in [4.78, 5) is 23.2. The Kier molecular flexibility index (Phi) is 5.66. The number of nitrogens with one attached hydrogen (secondary N) is 1. The fourth-order valence-electron chi connectivity index (χ4n) is 1.69. The average Bonchev–Trinajstić information content (AvgIpc) is 2.47. The van der Waals surface area contributed by atoms with Crippen molar-refractivity contribution in [2.45, 2.75) is 18.6 Å². The molecule has 2 atom stereocenters. The van der Waals surface area contributed by atoms with Crippen molar-refractivity contribution in [1.82, 2.24) is 5.32 Å². The smallest absolute Gasteiger partial charge is 0.338 e. The van der Waals surface area contributed by atoms with Gasteiger partial charge in [-0.3, -0.25) is 5.32 Å². The Hall–Kier alpha value is -1.92. The molecule has 6 heteroatoms. The third kappa shape index (κ3) is 4.04. The minimum Gasteiger partial charge on any atom is -0.468 e. The van der Waals surface area contributed by atoms with Gasteiger partial charge >= 0.3 is 11.9 Å². The van der Waals surface area contributed by atoms with E-state index in [2.05, 4.69) is 10.1 Å². The Morgan fingerprint density at radius 2 is 1.85 bits per heavy atom.